The molecule has 0 aromatic heterocycles. The van der Waals surface area contributed by atoms with E-state index in [1.807, 2.05) is 24.3 Å². The van der Waals surface area contributed by atoms with Gasteiger partial charge in [0.15, 0.2) is 0 Å². The van der Waals surface area contributed by atoms with E-state index in [9.17, 15) is 9.59 Å². The van der Waals surface area contributed by atoms with E-state index in [1.165, 1.54) is 0 Å². The molecular weight excluding hydrogens is 330 g/mol. The molecule has 0 spiro atoms. The molecule has 6 heteroatoms. The van der Waals surface area contributed by atoms with Gasteiger partial charge in [-0.25, -0.2) is 0 Å². The van der Waals surface area contributed by atoms with Crippen LogP contribution in [0.4, 0.5) is 11.4 Å². The van der Waals surface area contributed by atoms with E-state index in [0.717, 1.165) is 37.3 Å². The van der Waals surface area contributed by atoms with Crippen LogP contribution in [0.5, 0.6) is 0 Å². The van der Waals surface area contributed by atoms with Crippen molar-refractivity contribution < 1.29 is 14.3 Å². The first kappa shape index (κ1) is 20.2. The second-order valence-corrected chi connectivity index (χ2v) is 6.54. The first-order valence-corrected chi connectivity index (χ1v) is 9.55. The predicted molar refractivity (Wildman–Crippen MR) is 105 cm³/mol. The van der Waals surface area contributed by atoms with Crippen molar-refractivity contribution in [3.05, 3.63) is 24.3 Å². The van der Waals surface area contributed by atoms with Crippen molar-refractivity contribution >= 4 is 23.2 Å². The molecule has 0 atom stereocenters. The van der Waals surface area contributed by atoms with E-state index in [2.05, 4.69) is 24.1 Å². The van der Waals surface area contributed by atoms with E-state index >= 15 is 0 Å². The average molecular weight is 361 g/mol. The Balaban J connectivity index is 1.91. The van der Waals surface area contributed by atoms with Gasteiger partial charge in [-0.15, -0.1) is 0 Å². The largest absolute Gasteiger partial charge is 0.381 e. The Bertz CT molecular complexity index is 578. The highest BCUT2D eigenvalue weighted by atomic mass is 16.5. The third-order valence-corrected chi connectivity index (χ3v) is 4.90. The quantitative estimate of drug-likeness (QED) is 0.772. The molecule has 1 aliphatic rings. The highest BCUT2D eigenvalue weighted by Crippen LogP contribution is 2.21. The van der Waals surface area contributed by atoms with E-state index in [1.54, 1.807) is 11.8 Å². The normalized spacial score (nSPS) is 14.7. The second kappa shape index (κ2) is 10.2. The molecule has 1 aliphatic heterocycles. The summed E-state index contributed by atoms with van der Waals surface area (Å²) in [5.41, 5.74) is 2.00. The first-order chi connectivity index (χ1) is 12.6. The Morgan fingerprint density at radius 2 is 1.65 bits per heavy atom. The van der Waals surface area contributed by atoms with Crippen molar-refractivity contribution in [3.63, 3.8) is 0 Å². The summed E-state index contributed by atoms with van der Waals surface area (Å²) in [6.45, 7) is 9.92. The predicted octanol–water partition coefficient (Wildman–Crippen LogP) is 2.43. The van der Waals surface area contributed by atoms with Crippen LogP contribution in [0.25, 0.3) is 0 Å². The van der Waals surface area contributed by atoms with Gasteiger partial charge in [0.1, 0.15) is 0 Å². The van der Waals surface area contributed by atoms with Crippen molar-refractivity contribution in [2.75, 3.05) is 49.2 Å². The number of ether oxygens (including phenoxy) is 1. The molecule has 1 aromatic carbocycles. The summed E-state index contributed by atoms with van der Waals surface area (Å²) < 4.78 is 5.29. The number of carbonyl (C=O) groups is 2. The van der Waals surface area contributed by atoms with Crippen molar-refractivity contribution in [2.24, 2.45) is 5.92 Å². The van der Waals surface area contributed by atoms with Crippen LogP contribution < -0.4 is 15.1 Å². The molecule has 0 bridgehead atoms. The van der Waals surface area contributed by atoms with Crippen LogP contribution in [0.2, 0.25) is 0 Å². The molecule has 2 amide bonds. The number of rotatable bonds is 8. The van der Waals surface area contributed by atoms with Gasteiger partial charge in [0.2, 0.25) is 11.8 Å². The smallest absolute Gasteiger partial charge is 0.223 e. The lowest BCUT2D eigenvalue weighted by molar-refractivity contribution is -0.127. The number of nitrogens with zero attached hydrogens (tertiary/aromatic N) is 2. The van der Waals surface area contributed by atoms with Crippen LogP contribution in [0.3, 0.4) is 0 Å². The number of amides is 2. The molecule has 1 heterocycles. The lowest BCUT2D eigenvalue weighted by Gasteiger charge is -2.25. The van der Waals surface area contributed by atoms with Gasteiger partial charge >= 0.3 is 0 Å². The Hall–Kier alpha value is -2.08. The molecule has 26 heavy (non-hydrogen) atoms. The van der Waals surface area contributed by atoms with Gasteiger partial charge in [0, 0.05) is 63.6 Å². The van der Waals surface area contributed by atoms with Gasteiger partial charge in [-0.3, -0.25) is 9.59 Å². The summed E-state index contributed by atoms with van der Waals surface area (Å²) in [6, 6.07) is 8.02. The zero-order valence-electron chi connectivity index (χ0n) is 16.2. The summed E-state index contributed by atoms with van der Waals surface area (Å²) in [6.07, 6.45) is 1.55. The van der Waals surface area contributed by atoms with Gasteiger partial charge in [-0.05, 0) is 51.0 Å². The van der Waals surface area contributed by atoms with Crippen LogP contribution in [0, 0.1) is 5.92 Å². The Morgan fingerprint density at radius 3 is 2.19 bits per heavy atom. The Morgan fingerprint density at radius 1 is 1.08 bits per heavy atom. The fourth-order valence-corrected chi connectivity index (χ4v) is 3.30. The van der Waals surface area contributed by atoms with Crippen LogP contribution >= 0.6 is 0 Å². The molecule has 0 saturated carbocycles. The third kappa shape index (κ3) is 5.46. The van der Waals surface area contributed by atoms with Gasteiger partial charge in [-0.2, -0.15) is 0 Å². The fourth-order valence-electron chi connectivity index (χ4n) is 3.30. The van der Waals surface area contributed by atoms with Gasteiger partial charge in [0.25, 0.3) is 0 Å². The third-order valence-electron chi connectivity index (χ3n) is 4.90. The maximum absolute atomic E-state index is 12.2. The lowest BCUT2D eigenvalue weighted by Crippen LogP contribution is -2.40. The zero-order valence-corrected chi connectivity index (χ0v) is 16.2. The number of hydrogen-bond acceptors (Lipinski definition) is 4. The Labute approximate surface area is 156 Å². The summed E-state index contributed by atoms with van der Waals surface area (Å²) >= 11 is 0. The number of benzene rings is 1. The van der Waals surface area contributed by atoms with Crippen molar-refractivity contribution in [1.82, 2.24) is 5.32 Å². The number of hydrogen-bond donors (Lipinski definition) is 1. The van der Waals surface area contributed by atoms with Crippen molar-refractivity contribution in [3.8, 4) is 0 Å². The zero-order chi connectivity index (χ0) is 18.9. The van der Waals surface area contributed by atoms with E-state index in [4.69, 9.17) is 4.74 Å². The minimum absolute atomic E-state index is 0.0269. The maximum Gasteiger partial charge on any atom is 0.223 e. The van der Waals surface area contributed by atoms with Gasteiger partial charge in [0.05, 0.1) is 0 Å². The van der Waals surface area contributed by atoms with E-state index < -0.39 is 0 Å². The number of anilines is 2. The molecule has 2 rings (SSSR count). The van der Waals surface area contributed by atoms with Gasteiger partial charge in [-0.1, -0.05) is 0 Å². The average Bonchev–Trinajstić information content (AvgIpc) is 2.67. The first-order valence-electron chi connectivity index (χ1n) is 9.55. The summed E-state index contributed by atoms with van der Waals surface area (Å²) in [7, 11) is 0. The minimum Gasteiger partial charge on any atom is -0.381 e. The molecule has 0 unspecified atom stereocenters. The van der Waals surface area contributed by atoms with Crippen LogP contribution in [-0.2, 0) is 14.3 Å². The number of nitrogens with one attached hydrogen (secondary N) is 1. The molecule has 1 aromatic rings. The van der Waals surface area contributed by atoms with Crippen LogP contribution in [-0.4, -0.2) is 51.2 Å². The lowest BCUT2D eigenvalue weighted by atomic mass is 9.99. The van der Waals surface area contributed by atoms with E-state index in [0.29, 0.717) is 26.3 Å². The van der Waals surface area contributed by atoms with Crippen molar-refractivity contribution in [1.29, 1.82) is 0 Å². The van der Waals surface area contributed by atoms with Crippen LogP contribution in [0.15, 0.2) is 24.3 Å². The molecular formula is C20H31N3O3. The summed E-state index contributed by atoms with van der Waals surface area (Å²) in [5, 5.41) is 2.96. The standard InChI is InChI=1S/C20H31N3O3/c1-4-22(5-2)18-6-8-19(9-7-18)23(16(3)24)13-12-21-20(25)17-10-14-26-15-11-17/h6-9,17H,4-5,10-15H2,1-3H3,(H,21,25). The molecule has 1 fully saturated rings. The molecule has 6 nitrogen and oxygen atoms in total. The van der Waals surface area contributed by atoms with Gasteiger partial charge < -0.3 is 19.9 Å². The summed E-state index contributed by atoms with van der Waals surface area (Å²) in [5.74, 6) is 0.0671. The molecule has 1 saturated heterocycles. The monoisotopic (exact) mass is 361 g/mol. The number of carbonyl (C=O) groups excluding carboxylic acids is 2. The molecule has 1 N–H and O–H groups in total. The molecule has 0 radical (unpaired) electrons. The van der Waals surface area contributed by atoms with Crippen LogP contribution in [0.1, 0.15) is 33.6 Å². The highest BCUT2D eigenvalue weighted by molar-refractivity contribution is 5.91. The minimum atomic E-state index is -0.0269. The Kier molecular flexibility index (Phi) is 7.91. The van der Waals surface area contributed by atoms with Crippen molar-refractivity contribution in [2.45, 2.75) is 33.6 Å². The maximum atomic E-state index is 12.2. The molecule has 144 valence electrons. The fraction of sp³-hybridized carbons (Fsp3) is 0.600. The highest BCUT2D eigenvalue weighted by Gasteiger charge is 2.21. The molecule has 0 aliphatic carbocycles. The topological polar surface area (TPSA) is 61.9 Å². The van der Waals surface area contributed by atoms with E-state index in [-0.39, 0.29) is 17.7 Å². The SMILES string of the molecule is CCN(CC)c1ccc(N(CCNC(=O)C2CCOCC2)C(C)=O)cc1. The second-order valence-electron chi connectivity index (χ2n) is 6.54. The summed E-state index contributed by atoms with van der Waals surface area (Å²) in [4.78, 5) is 28.2.